The van der Waals surface area contributed by atoms with E-state index in [1.165, 1.54) is 18.2 Å². The number of fused-ring (bicyclic) bond motifs is 1. The number of nitrogen functional groups attached to an aromatic ring is 1. The van der Waals surface area contributed by atoms with Crippen LogP contribution in [0.5, 0.6) is 0 Å². The minimum atomic E-state index is -0.644. The fraction of sp³-hybridized carbons (Fsp3) is 0. The van der Waals surface area contributed by atoms with Gasteiger partial charge in [-0.1, -0.05) is 0 Å². The van der Waals surface area contributed by atoms with Gasteiger partial charge in [-0.2, -0.15) is 0 Å². The van der Waals surface area contributed by atoms with Crippen LogP contribution in [-0.4, -0.2) is 19.9 Å². The van der Waals surface area contributed by atoms with Crippen molar-refractivity contribution in [1.29, 1.82) is 0 Å². The highest BCUT2D eigenvalue weighted by Crippen LogP contribution is 2.21. The molecule has 8 heteroatoms. The summed E-state index contributed by atoms with van der Waals surface area (Å²) in [6.45, 7) is 0. The zero-order chi connectivity index (χ0) is 13.6. The Kier molecular flexibility index (Phi) is 2.24. The van der Waals surface area contributed by atoms with Gasteiger partial charge in [-0.05, 0) is 18.2 Å². The molecule has 0 amide bonds. The maximum absolute atomic E-state index is 13.1. The van der Waals surface area contributed by atoms with Crippen molar-refractivity contribution in [3.8, 4) is 11.4 Å². The largest absolute Gasteiger partial charge is 0.396 e. The number of nitrogens with one attached hydrogen (secondary N) is 3. The summed E-state index contributed by atoms with van der Waals surface area (Å²) in [4.78, 5) is 33.9. The first-order valence-electron chi connectivity index (χ1n) is 5.32. The second-order valence-electron chi connectivity index (χ2n) is 3.95. The van der Waals surface area contributed by atoms with Gasteiger partial charge in [0.05, 0.1) is 5.69 Å². The zero-order valence-corrected chi connectivity index (χ0v) is 9.45. The monoisotopic (exact) mass is 261 g/mol. The van der Waals surface area contributed by atoms with Crippen LogP contribution in [0.2, 0.25) is 0 Å². The Morgan fingerprint density at radius 3 is 2.68 bits per heavy atom. The van der Waals surface area contributed by atoms with Gasteiger partial charge in [-0.25, -0.2) is 14.2 Å². The molecule has 0 fully saturated rings. The number of halogens is 1. The van der Waals surface area contributed by atoms with Gasteiger partial charge in [0.15, 0.2) is 5.65 Å². The number of nitrogens with two attached hydrogens (primary N) is 1. The number of imidazole rings is 1. The molecule has 1 aromatic carbocycles. The molecule has 0 saturated carbocycles. The van der Waals surface area contributed by atoms with Crippen LogP contribution >= 0.6 is 0 Å². The molecule has 7 nitrogen and oxygen atoms in total. The fourth-order valence-corrected chi connectivity index (χ4v) is 1.76. The molecule has 0 bridgehead atoms. The van der Waals surface area contributed by atoms with Crippen LogP contribution in [-0.2, 0) is 0 Å². The number of rotatable bonds is 1. The van der Waals surface area contributed by atoms with Gasteiger partial charge in [0.2, 0.25) is 0 Å². The molecule has 0 saturated heterocycles. The quantitative estimate of drug-likeness (QED) is 0.471. The molecule has 96 valence electrons. The van der Waals surface area contributed by atoms with Gasteiger partial charge >= 0.3 is 5.69 Å². The minimum absolute atomic E-state index is 0.0274. The van der Waals surface area contributed by atoms with Crippen molar-refractivity contribution in [2.45, 2.75) is 0 Å². The van der Waals surface area contributed by atoms with E-state index in [1.54, 1.807) is 0 Å². The summed E-state index contributed by atoms with van der Waals surface area (Å²) < 4.78 is 13.1. The molecule has 0 radical (unpaired) electrons. The Morgan fingerprint density at radius 2 is 1.95 bits per heavy atom. The molecule has 2 heterocycles. The van der Waals surface area contributed by atoms with Crippen molar-refractivity contribution >= 4 is 16.9 Å². The third kappa shape index (κ3) is 1.79. The highest BCUT2D eigenvalue weighted by atomic mass is 19.1. The van der Waals surface area contributed by atoms with E-state index in [1.807, 2.05) is 0 Å². The Balaban J connectivity index is 2.26. The normalized spacial score (nSPS) is 11.0. The van der Waals surface area contributed by atoms with E-state index in [2.05, 4.69) is 19.9 Å². The second-order valence-corrected chi connectivity index (χ2v) is 3.95. The first kappa shape index (κ1) is 11.2. The smallest absolute Gasteiger partial charge is 0.327 e. The lowest BCUT2D eigenvalue weighted by atomic mass is 10.2. The van der Waals surface area contributed by atoms with Gasteiger partial charge in [0, 0.05) is 5.56 Å². The van der Waals surface area contributed by atoms with Gasteiger partial charge in [-0.15, -0.1) is 0 Å². The molecular formula is C11H8FN5O2. The number of hydrogen-bond acceptors (Lipinski definition) is 4. The standard InChI is InChI=1S/C11H8FN5O2/c12-5-2-1-4(3-6(5)13)8-14-7-9(15-8)16-11(19)17-10(7)18/h1-3H,13H2,(H3,14,15,16,17,18,19). The summed E-state index contributed by atoms with van der Waals surface area (Å²) in [5, 5.41) is 0. The highest BCUT2D eigenvalue weighted by molar-refractivity contribution is 5.75. The van der Waals surface area contributed by atoms with Gasteiger partial charge in [0.25, 0.3) is 5.56 Å². The van der Waals surface area contributed by atoms with Crippen LogP contribution < -0.4 is 17.0 Å². The van der Waals surface area contributed by atoms with Crippen LogP contribution in [0.3, 0.4) is 0 Å². The predicted octanol–water partition coefficient (Wildman–Crippen LogP) is 0.328. The Bertz CT molecular complexity index is 892. The first-order chi connectivity index (χ1) is 9.04. The summed E-state index contributed by atoms with van der Waals surface area (Å²) >= 11 is 0. The third-order valence-corrected chi connectivity index (χ3v) is 2.66. The molecule has 0 aliphatic heterocycles. The van der Waals surface area contributed by atoms with Crippen molar-refractivity contribution in [2.24, 2.45) is 0 Å². The molecule has 19 heavy (non-hydrogen) atoms. The summed E-state index contributed by atoms with van der Waals surface area (Å²) in [5.41, 5.74) is 4.99. The van der Waals surface area contributed by atoms with Crippen LogP contribution in [0.4, 0.5) is 10.1 Å². The van der Waals surface area contributed by atoms with E-state index in [0.29, 0.717) is 11.4 Å². The summed E-state index contributed by atoms with van der Waals surface area (Å²) in [7, 11) is 0. The van der Waals surface area contributed by atoms with E-state index in [9.17, 15) is 14.0 Å². The van der Waals surface area contributed by atoms with E-state index < -0.39 is 17.1 Å². The SMILES string of the molecule is Nc1cc(-c2nc3[nH]c(=O)[nH]c(=O)c3[nH]2)ccc1F. The molecule has 0 aliphatic rings. The van der Waals surface area contributed by atoms with Crippen molar-refractivity contribution in [3.05, 3.63) is 44.9 Å². The predicted molar refractivity (Wildman–Crippen MR) is 67.1 cm³/mol. The molecule has 0 spiro atoms. The first-order valence-corrected chi connectivity index (χ1v) is 5.32. The van der Waals surface area contributed by atoms with Gasteiger partial charge in [-0.3, -0.25) is 14.8 Å². The second kappa shape index (κ2) is 3.80. The van der Waals surface area contributed by atoms with E-state index in [4.69, 9.17) is 5.73 Å². The van der Waals surface area contributed by atoms with Gasteiger partial charge in [0.1, 0.15) is 17.2 Å². The lowest BCUT2D eigenvalue weighted by molar-refractivity contribution is 0.632. The maximum Gasteiger partial charge on any atom is 0.327 e. The van der Waals surface area contributed by atoms with Crippen LogP contribution in [0.1, 0.15) is 0 Å². The number of aromatic amines is 3. The molecule has 2 aromatic heterocycles. The summed E-state index contributed by atoms with van der Waals surface area (Å²) in [6.07, 6.45) is 0. The van der Waals surface area contributed by atoms with Crippen LogP contribution in [0.15, 0.2) is 27.8 Å². The highest BCUT2D eigenvalue weighted by Gasteiger charge is 2.10. The lowest BCUT2D eigenvalue weighted by Crippen LogP contribution is -2.21. The molecular weight excluding hydrogens is 253 g/mol. The van der Waals surface area contributed by atoms with E-state index >= 15 is 0 Å². The average Bonchev–Trinajstić information content (AvgIpc) is 2.76. The lowest BCUT2D eigenvalue weighted by Gasteiger charge is -1.99. The number of H-pyrrole nitrogens is 3. The Morgan fingerprint density at radius 1 is 1.16 bits per heavy atom. The third-order valence-electron chi connectivity index (χ3n) is 2.66. The van der Waals surface area contributed by atoms with Crippen molar-refractivity contribution in [3.63, 3.8) is 0 Å². The minimum Gasteiger partial charge on any atom is -0.396 e. The van der Waals surface area contributed by atoms with Crippen molar-refractivity contribution < 1.29 is 4.39 Å². The zero-order valence-electron chi connectivity index (χ0n) is 9.45. The molecule has 3 rings (SSSR count). The molecule has 5 N–H and O–H groups in total. The van der Waals surface area contributed by atoms with E-state index in [0.717, 1.165) is 0 Å². The molecule has 0 atom stereocenters. The average molecular weight is 261 g/mol. The molecule has 3 aromatic rings. The number of hydrogen-bond donors (Lipinski definition) is 4. The van der Waals surface area contributed by atoms with Gasteiger partial charge < -0.3 is 10.7 Å². The van der Waals surface area contributed by atoms with E-state index in [-0.39, 0.29) is 16.9 Å². The Hall–Kier alpha value is -2.90. The van der Waals surface area contributed by atoms with Crippen LogP contribution in [0, 0.1) is 5.82 Å². The van der Waals surface area contributed by atoms with Crippen LogP contribution in [0.25, 0.3) is 22.6 Å². The summed E-state index contributed by atoms with van der Waals surface area (Å²) in [6, 6.07) is 4.06. The molecule has 0 aliphatic carbocycles. The number of anilines is 1. The molecule has 0 unspecified atom stereocenters. The number of nitrogens with zero attached hydrogens (tertiary/aromatic N) is 1. The number of aromatic nitrogens is 4. The fourth-order valence-electron chi connectivity index (χ4n) is 1.76. The van der Waals surface area contributed by atoms with Crippen molar-refractivity contribution in [2.75, 3.05) is 5.73 Å². The topological polar surface area (TPSA) is 120 Å². The summed E-state index contributed by atoms with van der Waals surface area (Å²) in [5.74, 6) is -0.222. The number of benzene rings is 1. The maximum atomic E-state index is 13.1. The van der Waals surface area contributed by atoms with Crippen molar-refractivity contribution in [1.82, 2.24) is 19.9 Å². The Labute approximate surface area is 104 Å².